The van der Waals surface area contributed by atoms with Crippen LogP contribution in [0.1, 0.15) is 46.4 Å². The van der Waals surface area contributed by atoms with E-state index in [1.807, 2.05) is 97.1 Å². The van der Waals surface area contributed by atoms with Crippen molar-refractivity contribution >= 4 is 45.9 Å². The van der Waals surface area contributed by atoms with Crippen molar-refractivity contribution in [3.63, 3.8) is 0 Å². The molecule has 2 heterocycles. The number of rotatable bonds is 8. The second-order valence-corrected chi connectivity index (χ2v) is 10.7. The Morgan fingerprint density at radius 1 is 0.439 bits per heavy atom. The SMILES string of the molecule is O=C(Nc1ccc(Nc2ccc(NC(=O)c3ccc(N4CCCC4)cc3)cc2)cc1)c1ccc(N2CCCC2)cc1. The molecule has 7 heteroatoms. The summed E-state index contributed by atoms with van der Waals surface area (Å²) >= 11 is 0. The van der Waals surface area contributed by atoms with Crippen molar-refractivity contribution in [2.75, 3.05) is 51.9 Å². The lowest BCUT2D eigenvalue weighted by molar-refractivity contribution is 0.101. The molecule has 0 bridgehead atoms. The van der Waals surface area contributed by atoms with Crippen LogP contribution in [0.4, 0.5) is 34.1 Å². The predicted molar refractivity (Wildman–Crippen MR) is 168 cm³/mol. The summed E-state index contributed by atoms with van der Waals surface area (Å²) in [6.45, 7) is 4.34. The molecule has 2 fully saturated rings. The largest absolute Gasteiger partial charge is 0.372 e. The number of carbonyl (C=O) groups is 2. The maximum atomic E-state index is 12.7. The number of nitrogens with one attached hydrogen (secondary N) is 3. The van der Waals surface area contributed by atoms with Gasteiger partial charge in [-0.25, -0.2) is 0 Å². The van der Waals surface area contributed by atoms with E-state index in [2.05, 4.69) is 25.8 Å². The Hall–Kier alpha value is -4.78. The molecule has 4 aromatic rings. The fraction of sp³-hybridized carbons (Fsp3) is 0.235. The van der Waals surface area contributed by atoms with Crippen molar-refractivity contribution in [2.24, 2.45) is 0 Å². The molecule has 2 amide bonds. The van der Waals surface area contributed by atoms with Gasteiger partial charge in [-0.2, -0.15) is 0 Å². The van der Waals surface area contributed by atoms with E-state index in [4.69, 9.17) is 0 Å². The van der Waals surface area contributed by atoms with Crippen molar-refractivity contribution < 1.29 is 9.59 Å². The van der Waals surface area contributed by atoms with Gasteiger partial charge in [-0.1, -0.05) is 0 Å². The Balaban J connectivity index is 0.996. The molecule has 0 aromatic heterocycles. The zero-order valence-electron chi connectivity index (χ0n) is 23.1. The van der Waals surface area contributed by atoms with Crippen molar-refractivity contribution in [2.45, 2.75) is 25.7 Å². The highest BCUT2D eigenvalue weighted by molar-refractivity contribution is 6.05. The molecule has 4 aromatic carbocycles. The van der Waals surface area contributed by atoms with Gasteiger partial charge in [-0.05, 0) is 123 Å². The molecule has 2 aliphatic rings. The minimum absolute atomic E-state index is 0.126. The maximum Gasteiger partial charge on any atom is 0.255 e. The summed E-state index contributed by atoms with van der Waals surface area (Å²) in [5.74, 6) is -0.252. The van der Waals surface area contributed by atoms with Crippen molar-refractivity contribution in [3.05, 3.63) is 108 Å². The molecule has 0 aliphatic carbocycles. The summed E-state index contributed by atoms with van der Waals surface area (Å²) in [5.41, 5.74) is 6.88. The zero-order chi connectivity index (χ0) is 28.0. The molecule has 41 heavy (non-hydrogen) atoms. The van der Waals surface area contributed by atoms with E-state index in [0.29, 0.717) is 11.1 Å². The molecule has 6 rings (SSSR count). The summed E-state index contributed by atoms with van der Waals surface area (Å²) in [6.07, 6.45) is 4.91. The number of anilines is 6. The summed E-state index contributed by atoms with van der Waals surface area (Å²) in [6, 6.07) is 30.8. The highest BCUT2D eigenvalue weighted by Crippen LogP contribution is 2.24. The molecule has 2 saturated heterocycles. The van der Waals surface area contributed by atoms with E-state index in [1.54, 1.807) is 0 Å². The topological polar surface area (TPSA) is 76.7 Å². The number of hydrogen-bond acceptors (Lipinski definition) is 5. The van der Waals surface area contributed by atoms with Crippen LogP contribution in [0.5, 0.6) is 0 Å². The highest BCUT2D eigenvalue weighted by atomic mass is 16.2. The van der Waals surface area contributed by atoms with Gasteiger partial charge in [0.1, 0.15) is 0 Å². The van der Waals surface area contributed by atoms with Gasteiger partial charge in [0, 0.05) is 71.4 Å². The van der Waals surface area contributed by atoms with Gasteiger partial charge in [0.2, 0.25) is 0 Å². The van der Waals surface area contributed by atoms with Gasteiger partial charge in [-0.15, -0.1) is 0 Å². The predicted octanol–water partition coefficient (Wildman–Crippen LogP) is 7.14. The second kappa shape index (κ2) is 12.2. The maximum absolute atomic E-state index is 12.7. The Labute approximate surface area is 241 Å². The molecule has 7 nitrogen and oxygen atoms in total. The quantitative estimate of drug-likeness (QED) is 0.219. The van der Waals surface area contributed by atoms with E-state index in [0.717, 1.165) is 48.9 Å². The smallest absolute Gasteiger partial charge is 0.255 e. The van der Waals surface area contributed by atoms with Crippen LogP contribution in [-0.4, -0.2) is 38.0 Å². The Kier molecular flexibility index (Phi) is 7.85. The van der Waals surface area contributed by atoms with Gasteiger partial charge in [0.15, 0.2) is 0 Å². The molecule has 0 atom stereocenters. The third kappa shape index (κ3) is 6.52. The molecule has 0 saturated carbocycles. The first kappa shape index (κ1) is 26.4. The van der Waals surface area contributed by atoms with Crippen molar-refractivity contribution in [1.29, 1.82) is 0 Å². The van der Waals surface area contributed by atoms with Crippen LogP contribution in [0.3, 0.4) is 0 Å². The third-order valence-corrected chi connectivity index (χ3v) is 7.78. The summed E-state index contributed by atoms with van der Waals surface area (Å²) in [5, 5.41) is 9.30. The summed E-state index contributed by atoms with van der Waals surface area (Å²) in [7, 11) is 0. The molecule has 3 N–H and O–H groups in total. The van der Waals surface area contributed by atoms with Crippen LogP contribution in [0, 0.1) is 0 Å². The molecule has 0 radical (unpaired) electrons. The van der Waals surface area contributed by atoms with E-state index < -0.39 is 0 Å². The number of benzene rings is 4. The first-order valence-corrected chi connectivity index (χ1v) is 14.4. The van der Waals surface area contributed by atoms with Crippen molar-refractivity contribution in [3.8, 4) is 0 Å². The Bertz CT molecular complexity index is 1360. The van der Waals surface area contributed by atoms with Crippen molar-refractivity contribution in [1.82, 2.24) is 0 Å². The Morgan fingerprint density at radius 2 is 0.756 bits per heavy atom. The fourth-order valence-corrected chi connectivity index (χ4v) is 5.44. The first-order valence-electron chi connectivity index (χ1n) is 14.4. The van der Waals surface area contributed by atoms with Gasteiger partial charge in [-0.3, -0.25) is 9.59 Å². The average Bonchev–Trinajstić information content (AvgIpc) is 3.75. The van der Waals surface area contributed by atoms with E-state index in [1.165, 1.54) is 37.1 Å². The summed E-state index contributed by atoms with van der Waals surface area (Å²) in [4.78, 5) is 30.1. The monoisotopic (exact) mass is 545 g/mol. The standard InChI is InChI=1S/C34H35N5O2/c40-33(25-5-17-31(18-6-25)38-21-1-2-22-38)36-29-13-9-27(10-14-29)35-28-11-15-30(16-12-28)37-34(41)26-7-19-32(20-8-26)39-23-3-4-24-39/h5-20,35H,1-4,21-24H2,(H,36,40)(H,37,41). The van der Waals surface area contributed by atoms with E-state index in [9.17, 15) is 9.59 Å². The van der Waals surface area contributed by atoms with Gasteiger partial charge < -0.3 is 25.8 Å². The average molecular weight is 546 g/mol. The van der Waals surface area contributed by atoms with Crippen LogP contribution < -0.4 is 25.8 Å². The van der Waals surface area contributed by atoms with E-state index >= 15 is 0 Å². The molecular formula is C34H35N5O2. The number of hydrogen-bond donors (Lipinski definition) is 3. The van der Waals surface area contributed by atoms with Crippen LogP contribution >= 0.6 is 0 Å². The first-order chi connectivity index (χ1) is 20.1. The van der Waals surface area contributed by atoms with Crippen LogP contribution in [0.25, 0.3) is 0 Å². The normalized spacial score (nSPS) is 14.6. The van der Waals surface area contributed by atoms with Crippen LogP contribution in [-0.2, 0) is 0 Å². The van der Waals surface area contributed by atoms with Crippen LogP contribution in [0.15, 0.2) is 97.1 Å². The Morgan fingerprint density at radius 3 is 1.10 bits per heavy atom. The molecule has 0 spiro atoms. The van der Waals surface area contributed by atoms with Crippen LogP contribution in [0.2, 0.25) is 0 Å². The van der Waals surface area contributed by atoms with Gasteiger partial charge >= 0.3 is 0 Å². The molecular weight excluding hydrogens is 510 g/mol. The second-order valence-electron chi connectivity index (χ2n) is 10.7. The molecule has 0 unspecified atom stereocenters. The lowest BCUT2D eigenvalue weighted by atomic mass is 10.1. The van der Waals surface area contributed by atoms with Gasteiger partial charge in [0.05, 0.1) is 0 Å². The lowest BCUT2D eigenvalue weighted by Crippen LogP contribution is -2.18. The summed E-state index contributed by atoms with van der Waals surface area (Å²) < 4.78 is 0. The zero-order valence-corrected chi connectivity index (χ0v) is 23.1. The van der Waals surface area contributed by atoms with Gasteiger partial charge in [0.25, 0.3) is 11.8 Å². The highest BCUT2D eigenvalue weighted by Gasteiger charge is 2.14. The van der Waals surface area contributed by atoms with E-state index in [-0.39, 0.29) is 11.8 Å². The molecule has 2 aliphatic heterocycles. The fourth-order valence-electron chi connectivity index (χ4n) is 5.44. The third-order valence-electron chi connectivity index (χ3n) is 7.78. The number of carbonyl (C=O) groups excluding carboxylic acids is 2. The minimum atomic E-state index is -0.126. The lowest BCUT2D eigenvalue weighted by Gasteiger charge is -2.17. The molecule has 208 valence electrons. The number of amides is 2. The minimum Gasteiger partial charge on any atom is -0.372 e. The number of nitrogens with zero attached hydrogens (tertiary/aromatic N) is 2.